The number of rotatable bonds is 8. The van der Waals surface area contributed by atoms with Gasteiger partial charge in [0.15, 0.2) is 17.5 Å². The molecule has 1 saturated carbocycles. The van der Waals surface area contributed by atoms with Crippen LogP contribution in [0.4, 0.5) is 4.39 Å². The number of nitrogens with one attached hydrogen (secondary N) is 2. The Morgan fingerprint density at radius 2 is 2.11 bits per heavy atom. The lowest BCUT2D eigenvalue weighted by atomic mass is 9.94. The molecule has 2 fully saturated rings. The summed E-state index contributed by atoms with van der Waals surface area (Å²) in [4.78, 5) is 4.29. The summed E-state index contributed by atoms with van der Waals surface area (Å²) in [5, 5.41) is 6.65. The molecule has 1 aliphatic heterocycles. The van der Waals surface area contributed by atoms with Crippen molar-refractivity contribution in [2.75, 3.05) is 40.5 Å². The number of benzene rings is 1. The van der Waals surface area contributed by atoms with E-state index in [9.17, 15) is 4.39 Å². The molecule has 28 heavy (non-hydrogen) atoms. The first-order valence-electron chi connectivity index (χ1n) is 10.1. The lowest BCUT2D eigenvalue weighted by Gasteiger charge is -2.36. The monoisotopic (exact) mass is 393 g/mol. The van der Waals surface area contributed by atoms with Crippen LogP contribution in [-0.4, -0.2) is 52.1 Å². The first-order chi connectivity index (χ1) is 13.5. The smallest absolute Gasteiger partial charge is 0.191 e. The van der Waals surface area contributed by atoms with Gasteiger partial charge in [-0.05, 0) is 43.4 Å². The maximum atomic E-state index is 14.4. The summed E-state index contributed by atoms with van der Waals surface area (Å²) in [6, 6.07) is 5.03. The van der Waals surface area contributed by atoms with Crippen molar-refractivity contribution in [3.63, 3.8) is 0 Å². The molecule has 0 aromatic heterocycles. The highest BCUT2D eigenvalue weighted by Crippen LogP contribution is 2.30. The fraction of sp³-hybridized carbons (Fsp3) is 0.667. The molecule has 3 rings (SSSR count). The molecule has 1 aromatic carbocycles. The maximum Gasteiger partial charge on any atom is 0.191 e. The highest BCUT2D eigenvalue weighted by atomic mass is 19.1. The second-order valence-corrected chi connectivity index (χ2v) is 7.74. The van der Waals surface area contributed by atoms with Gasteiger partial charge in [-0.1, -0.05) is 6.07 Å². The fourth-order valence-corrected chi connectivity index (χ4v) is 3.32. The van der Waals surface area contributed by atoms with Gasteiger partial charge in [0.05, 0.1) is 18.2 Å². The van der Waals surface area contributed by atoms with Crippen LogP contribution >= 0.6 is 0 Å². The van der Waals surface area contributed by atoms with Gasteiger partial charge < -0.3 is 24.8 Å². The normalized spacial score (nSPS) is 20.5. The van der Waals surface area contributed by atoms with Gasteiger partial charge >= 0.3 is 0 Å². The van der Waals surface area contributed by atoms with E-state index in [1.165, 1.54) is 18.9 Å². The molecular weight excluding hydrogens is 361 g/mol. The molecular formula is C21H32FN3O3. The first kappa shape index (κ1) is 20.9. The van der Waals surface area contributed by atoms with E-state index < -0.39 is 0 Å². The second kappa shape index (κ2) is 9.56. The summed E-state index contributed by atoms with van der Waals surface area (Å²) in [6.45, 7) is 4.63. The molecule has 0 amide bonds. The average molecular weight is 394 g/mol. The first-order valence-corrected chi connectivity index (χ1v) is 10.1. The second-order valence-electron chi connectivity index (χ2n) is 7.74. The van der Waals surface area contributed by atoms with Gasteiger partial charge in [-0.3, -0.25) is 4.99 Å². The zero-order chi connectivity index (χ0) is 20.0. The predicted octanol–water partition coefficient (Wildman–Crippen LogP) is 3.04. The number of ether oxygens (including phenoxy) is 3. The summed E-state index contributed by atoms with van der Waals surface area (Å²) < 4.78 is 31.1. The van der Waals surface area contributed by atoms with Crippen LogP contribution in [-0.2, 0) is 9.47 Å². The third kappa shape index (κ3) is 5.58. The Balaban J connectivity index is 1.54. The van der Waals surface area contributed by atoms with E-state index in [2.05, 4.69) is 15.6 Å². The van der Waals surface area contributed by atoms with Gasteiger partial charge in [-0.15, -0.1) is 0 Å². The minimum absolute atomic E-state index is 0.105. The highest BCUT2D eigenvalue weighted by molar-refractivity contribution is 5.80. The molecule has 2 N–H and O–H groups in total. The summed E-state index contributed by atoms with van der Waals surface area (Å²) >= 11 is 0. The van der Waals surface area contributed by atoms with Gasteiger partial charge in [0.2, 0.25) is 0 Å². The van der Waals surface area contributed by atoms with Crippen molar-refractivity contribution in [1.29, 1.82) is 0 Å². The van der Waals surface area contributed by atoms with Crippen molar-refractivity contribution in [3.05, 3.63) is 29.6 Å². The number of hydrogen-bond acceptors (Lipinski definition) is 4. The van der Waals surface area contributed by atoms with Crippen molar-refractivity contribution < 1.29 is 18.6 Å². The number of aliphatic imine (C=N–C) groups is 1. The van der Waals surface area contributed by atoms with Crippen molar-refractivity contribution >= 4 is 5.96 Å². The largest absolute Gasteiger partial charge is 0.490 e. The summed E-state index contributed by atoms with van der Waals surface area (Å²) in [6.07, 6.45) is 4.06. The lowest BCUT2D eigenvalue weighted by molar-refractivity contribution is -0.0855. The standard InChI is InChI=1S/C21H32FN3O3/c1-15(17-6-7-19(18(22)12-17)28-13-16-4-5-16)25-20(23-2)24-14-21(26-3)8-10-27-11-9-21/h6-7,12,15-16H,4-5,8-11,13-14H2,1-3H3,(H2,23,24,25). The van der Waals surface area contributed by atoms with Crippen LogP contribution in [0.1, 0.15) is 44.2 Å². The van der Waals surface area contributed by atoms with Crippen LogP contribution < -0.4 is 15.4 Å². The van der Waals surface area contributed by atoms with Gasteiger partial charge in [-0.2, -0.15) is 0 Å². The number of guanidine groups is 1. The van der Waals surface area contributed by atoms with E-state index in [4.69, 9.17) is 14.2 Å². The predicted molar refractivity (Wildman–Crippen MR) is 107 cm³/mol. The molecule has 1 heterocycles. The highest BCUT2D eigenvalue weighted by Gasteiger charge is 2.32. The van der Waals surface area contributed by atoms with E-state index in [-0.39, 0.29) is 17.5 Å². The Labute approximate surface area is 166 Å². The summed E-state index contributed by atoms with van der Waals surface area (Å²) in [5.74, 6) is 1.26. The Bertz CT molecular complexity index is 673. The van der Waals surface area contributed by atoms with E-state index in [1.54, 1.807) is 20.2 Å². The molecule has 0 spiro atoms. The quantitative estimate of drug-likeness (QED) is 0.525. The molecule has 6 nitrogen and oxygen atoms in total. The zero-order valence-electron chi connectivity index (χ0n) is 17.1. The van der Waals surface area contributed by atoms with Crippen molar-refractivity contribution in [2.24, 2.45) is 10.9 Å². The van der Waals surface area contributed by atoms with Crippen LogP contribution in [0, 0.1) is 11.7 Å². The zero-order valence-corrected chi connectivity index (χ0v) is 17.1. The number of nitrogens with zero attached hydrogens (tertiary/aromatic N) is 1. The van der Waals surface area contributed by atoms with Crippen LogP contribution in [0.3, 0.4) is 0 Å². The fourth-order valence-electron chi connectivity index (χ4n) is 3.32. The topological polar surface area (TPSA) is 64.1 Å². The minimum Gasteiger partial charge on any atom is -0.490 e. The molecule has 1 saturated heterocycles. The Kier molecular flexibility index (Phi) is 7.13. The number of halogens is 1. The van der Waals surface area contributed by atoms with Gasteiger partial charge in [0.1, 0.15) is 0 Å². The van der Waals surface area contributed by atoms with Crippen LogP contribution in [0.25, 0.3) is 0 Å². The maximum absolute atomic E-state index is 14.4. The molecule has 1 atom stereocenters. The van der Waals surface area contributed by atoms with Crippen molar-refractivity contribution in [1.82, 2.24) is 10.6 Å². The van der Waals surface area contributed by atoms with Crippen molar-refractivity contribution in [2.45, 2.75) is 44.2 Å². The van der Waals surface area contributed by atoms with Crippen LogP contribution in [0.5, 0.6) is 5.75 Å². The van der Waals surface area contributed by atoms with E-state index in [0.29, 0.717) is 44.0 Å². The van der Waals surface area contributed by atoms with E-state index >= 15 is 0 Å². The third-order valence-corrected chi connectivity index (χ3v) is 5.62. The van der Waals surface area contributed by atoms with Gasteiger partial charge in [-0.25, -0.2) is 4.39 Å². The Hall–Kier alpha value is -1.86. The molecule has 156 valence electrons. The molecule has 1 aromatic rings. The average Bonchev–Trinajstić information content (AvgIpc) is 3.55. The van der Waals surface area contributed by atoms with Gasteiger partial charge in [0, 0.05) is 46.8 Å². The lowest BCUT2D eigenvalue weighted by Crippen LogP contribution is -2.51. The Morgan fingerprint density at radius 3 is 2.71 bits per heavy atom. The Morgan fingerprint density at radius 1 is 1.36 bits per heavy atom. The van der Waals surface area contributed by atoms with E-state index in [0.717, 1.165) is 18.4 Å². The minimum atomic E-state index is -0.324. The molecule has 1 unspecified atom stereocenters. The molecule has 0 radical (unpaired) electrons. The molecule has 1 aliphatic carbocycles. The van der Waals surface area contributed by atoms with Crippen LogP contribution in [0.2, 0.25) is 0 Å². The summed E-state index contributed by atoms with van der Waals surface area (Å²) in [7, 11) is 3.46. The van der Waals surface area contributed by atoms with E-state index in [1.807, 2.05) is 13.0 Å². The van der Waals surface area contributed by atoms with Crippen LogP contribution in [0.15, 0.2) is 23.2 Å². The number of hydrogen-bond donors (Lipinski definition) is 2. The van der Waals surface area contributed by atoms with Crippen molar-refractivity contribution in [3.8, 4) is 5.75 Å². The molecule has 0 bridgehead atoms. The van der Waals surface area contributed by atoms with Gasteiger partial charge in [0.25, 0.3) is 0 Å². The number of methoxy groups -OCH3 is 1. The molecule has 2 aliphatic rings. The third-order valence-electron chi connectivity index (χ3n) is 5.62. The summed E-state index contributed by atoms with van der Waals surface area (Å²) in [5.41, 5.74) is 0.595. The molecule has 7 heteroatoms. The SMILES string of the molecule is CN=C(NCC1(OC)CCOCC1)NC(C)c1ccc(OCC2CC2)c(F)c1.